The van der Waals surface area contributed by atoms with Crippen LogP contribution in [-0.2, 0) is 9.53 Å². The number of amides is 1. The zero-order chi connectivity index (χ0) is 14.0. The second-order valence-electron chi connectivity index (χ2n) is 3.96. The molecule has 104 valence electrons. The smallest absolute Gasteiger partial charge is 0.242 e. The molecule has 1 aromatic rings. The highest BCUT2D eigenvalue weighted by Gasteiger charge is 2.30. The van der Waals surface area contributed by atoms with E-state index in [1.807, 2.05) is 0 Å². The van der Waals surface area contributed by atoms with E-state index in [0.717, 1.165) is 0 Å². The first kappa shape index (κ1) is 14.1. The molecule has 1 aromatic heterocycles. The van der Waals surface area contributed by atoms with Gasteiger partial charge in [-0.25, -0.2) is 10.8 Å². The zero-order valence-electron chi connectivity index (χ0n) is 9.90. The molecular weight excluding hydrogens is 293 g/mol. The van der Waals surface area contributed by atoms with Crippen molar-refractivity contribution >= 4 is 40.7 Å². The quantitative estimate of drug-likeness (QED) is 0.550. The van der Waals surface area contributed by atoms with E-state index < -0.39 is 11.9 Å². The molecule has 1 atom stereocenters. The Morgan fingerprint density at radius 2 is 2.26 bits per heavy atom. The molecule has 1 fully saturated rings. The maximum Gasteiger partial charge on any atom is 0.242 e. The number of nitrogens with one attached hydrogen (secondary N) is 1. The Balaban J connectivity index is 2.41. The summed E-state index contributed by atoms with van der Waals surface area (Å²) < 4.78 is 5.24. The number of primary amides is 1. The van der Waals surface area contributed by atoms with Crippen LogP contribution in [0.2, 0.25) is 10.0 Å². The maximum atomic E-state index is 11.4. The van der Waals surface area contributed by atoms with Crippen molar-refractivity contribution in [3.05, 3.63) is 16.1 Å². The fraction of sp³-hybridized carbons (Fsp3) is 0.400. The van der Waals surface area contributed by atoms with Crippen molar-refractivity contribution in [2.45, 2.75) is 6.04 Å². The number of rotatable bonds is 3. The number of hydrogen-bond acceptors (Lipinski definition) is 6. The van der Waals surface area contributed by atoms with Gasteiger partial charge in [-0.1, -0.05) is 23.2 Å². The Kier molecular flexibility index (Phi) is 4.31. The van der Waals surface area contributed by atoms with Crippen LogP contribution in [-0.4, -0.2) is 36.7 Å². The Morgan fingerprint density at radius 3 is 2.89 bits per heavy atom. The van der Waals surface area contributed by atoms with Crippen molar-refractivity contribution in [1.29, 1.82) is 0 Å². The number of pyridine rings is 1. The zero-order valence-corrected chi connectivity index (χ0v) is 11.4. The molecule has 0 aliphatic carbocycles. The summed E-state index contributed by atoms with van der Waals surface area (Å²) in [7, 11) is 0. The van der Waals surface area contributed by atoms with Crippen molar-refractivity contribution in [2.75, 3.05) is 30.1 Å². The molecule has 1 unspecified atom stereocenters. The summed E-state index contributed by atoms with van der Waals surface area (Å²) >= 11 is 12.0. The summed E-state index contributed by atoms with van der Waals surface area (Å²) in [5.74, 6) is 5.48. The summed E-state index contributed by atoms with van der Waals surface area (Å²) in [6.07, 6.45) is 0. The Bertz CT molecular complexity index is 499. The largest absolute Gasteiger partial charge is 0.377 e. The van der Waals surface area contributed by atoms with Gasteiger partial charge in [0.1, 0.15) is 6.04 Å². The molecule has 0 aromatic carbocycles. The lowest BCUT2D eigenvalue weighted by atomic mass is 10.2. The number of nitrogens with zero attached hydrogens (tertiary/aromatic N) is 2. The minimum atomic E-state index is -0.620. The van der Waals surface area contributed by atoms with Gasteiger partial charge < -0.3 is 20.8 Å². The molecular formula is C10H13Cl2N5O2. The number of halogens is 2. The number of hydrazine groups is 1. The van der Waals surface area contributed by atoms with Gasteiger partial charge in [-0.2, -0.15) is 0 Å². The van der Waals surface area contributed by atoms with Crippen molar-refractivity contribution in [3.63, 3.8) is 0 Å². The Labute approximate surface area is 119 Å². The highest BCUT2D eigenvalue weighted by Crippen LogP contribution is 2.32. The predicted molar refractivity (Wildman–Crippen MR) is 73.2 cm³/mol. The van der Waals surface area contributed by atoms with Crippen LogP contribution in [0.3, 0.4) is 0 Å². The van der Waals surface area contributed by atoms with Crippen LogP contribution in [0.5, 0.6) is 0 Å². The average molecular weight is 306 g/mol. The second-order valence-corrected chi connectivity index (χ2v) is 4.77. The first-order chi connectivity index (χ1) is 9.04. The first-order valence-electron chi connectivity index (χ1n) is 5.51. The highest BCUT2D eigenvalue weighted by molar-refractivity contribution is 6.37. The van der Waals surface area contributed by atoms with Gasteiger partial charge in [0.05, 0.1) is 23.3 Å². The number of ether oxygens (including phenoxy) is 1. The molecule has 0 spiro atoms. The molecule has 7 nitrogen and oxygen atoms in total. The third kappa shape index (κ3) is 2.84. The summed E-state index contributed by atoms with van der Waals surface area (Å²) in [6.45, 7) is 1.10. The van der Waals surface area contributed by atoms with E-state index >= 15 is 0 Å². The first-order valence-corrected chi connectivity index (χ1v) is 6.26. The number of carbonyl (C=O) groups excluding carboxylic acids is 1. The third-order valence-electron chi connectivity index (χ3n) is 2.78. The van der Waals surface area contributed by atoms with Crippen molar-refractivity contribution < 1.29 is 9.53 Å². The normalized spacial score (nSPS) is 19.3. The second kappa shape index (κ2) is 5.79. The fourth-order valence-electron chi connectivity index (χ4n) is 1.85. The van der Waals surface area contributed by atoms with Gasteiger partial charge in [-0.3, -0.25) is 4.79 Å². The lowest BCUT2D eigenvalue weighted by molar-refractivity contribution is -0.121. The average Bonchev–Trinajstić information content (AvgIpc) is 2.39. The SMILES string of the molecule is NNc1nc(N2CCOCC2C(N)=O)c(Cl)cc1Cl. The van der Waals surface area contributed by atoms with Crippen molar-refractivity contribution in [1.82, 2.24) is 4.98 Å². The maximum absolute atomic E-state index is 11.4. The number of hydrogen-bond donors (Lipinski definition) is 3. The molecule has 2 heterocycles. The van der Waals surface area contributed by atoms with Crippen LogP contribution in [0.4, 0.5) is 11.6 Å². The van der Waals surface area contributed by atoms with Gasteiger partial charge in [0.2, 0.25) is 5.91 Å². The van der Waals surface area contributed by atoms with Crippen LogP contribution in [0, 0.1) is 0 Å². The number of carbonyl (C=O) groups is 1. The molecule has 9 heteroatoms. The lowest BCUT2D eigenvalue weighted by Crippen LogP contribution is -2.53. The molecule has 2 rings (SSSR count). The summed E-state index contributed by atoms with van der Waals surface area (Å²) in [4.78, 5) is 17.3. The molecule has 19 heavy (non-hydrogen) atoms. The van der Waals surface area contributed by atoms with E-state index in [-0.39, 0.29) is 12.4 Å². The predicted octanol–water partition coefficient (Wildman–Crippen LogP) is 0.365. The Morgan fingerprint density at radius 1 is 1.53 bits per heavy atom. The van der Waals surface area contributed by atoms with E-state index in [0.29, 0.717) is 29.0 Å². The van der Waals surface area contributed by atoms with E-state index in [4.69, 9.17) is 39.5 Å². The molecule has 1 saturated heterocycles. The molecule has 0 bridgehead atoms. The standard InChI is InChI=1S/C10H13Cl2N5O2/c11-5-3-6(12)10(15-9(5)16-14)17-1-2-19-4-7(17)8(13)18/h3,7H,1-2,4,14H2,(H2,13,18)(H,15,16). The van der Waals surface area contributed by atoms with Crippen molar-refractivity contribution in [2.24, 2.45) is 11.6 Å². The molecule has 1 amide bonds. The number of anilines is 2. The summed E-state index contributed by atoms with van der Waals surface area (Å²) in [6, 6.07) is 0.888. The van der Waals surface area contributed by atoms with E-state index in [2.05, 4.69) is 10.4 Å². The van der Waals surface area contributed by atoms with Crippen LogP contribution >= 0.6 is 23.2 Å². The van der Waals surface area contributed by atoms with E-state index in [9.17, 15) is 4.79 Å². The number of morpholine rings is 1. The number of aromatic nitrogens is 1. The van der Waals surface area contributed by atoms with E-state index in [1.165, 1.54) is 6.07 Å². The molecule has 1 aliphatic rings. The van der Waals surface area contributed by atoms with Crippen LogP contribution in [0.1, 0.15) is 0 Å². The fourth-order valence-corrected chi connectivity index (χ4v) is 2.37. The molecule has 0 saturated carbocycles. The van der Waals surface area contributed by atoms with E-state index in [1.54, 1.807) is 4.90 Å². The van der Waals surface area contributed by atoms with Crippen LogP contribution in [0.15, 0.2) is 6.07 Å². The van der Waals surface area contributed by atoms with Gasteiger partial charge >= 0.3 is 0 Å². The van der Waals surface area contributed by atoms with Crippen LogP contribution < -0.4 is 21.9 Å². The van der Waals surface area contributed by atoms with Gasteiger partial charge in [-0.05, 0) is 6.07 Å². The van der Waals surface area contributed by atoms with Crippen molar-refractivity contribution in [3.8, 4) is 0 Å². The Hall–Kier alpha value is -1.28. The third-order valence-corrected chi connectivity index (χ3v) is 3.34. The minimum Gasteiger partial charge on any atom is -0.377 e. The number of nitrogen functional groups attached to an aromatic ring is 1. The number of nitrogens with two attached hydrogens (primary N) is 2. The summed E-state index contributed by atoms with van der Waals surface area (Å²) in [5.41, 5.74) is 7.72. The molecule has 1 aliphatic heterocycles. The lowest BCUT2D eigenvalue weighted by Gasteiger charge is -2.35. The van der Waals surface area contributed by atoms with Gasteiger partial charge in [0.25, 0.3) is 0 Å². The van der Waals surface area contributed by atoms with Gasteiger partial charge in [0.15, 0.2) is 11.6 Å². The monoisotopic (exact) mass is 305 g/mol. The topological polar surface area (TPSA) is 106 Å². The highest BCUT2D eigenvalue weighted by atomic mass is 35.5. The van der Waals surface area contributed by atoms with Crippen LogP contribution in [0.25, 0.3) is 0 Å². The summed E-state index contributed by atoms with van der Waals surface area (Å²) in [5, 5.41) is 0.609. The van der Waals surface area contributed by atoms with Gasteiger partial charge in [0, 0.05) is 6.54 Å². The van der Waals surface area contributed by atoms with Gasteiger partial charge in [-0.15, -0.1) is 0 Å². The minimum absolute atomic E-state index is 0.196. The molecule has 5 N–H and O–H groups in total. The molecule has 0 radical (unpaired) electrons.